The first-order chi connectivity index (χ1) is 11.5. The fraction of sp³-hybridized carbons (Fsp3) is 0.412. The number of benzene rings is 1. The lowest BCUT2D eigenvalue weighted by Gasteiger charge is -2.34. The van der Waals surface area contributed by atoms with Crippen LogP contribution in [0, 0.1) is 6.92 Å². The van der Waals surface area contributed by atoms with Gasteiger partial charge in [-0.1, -0.05) is 12.1 Å². The molecule has 0 saturated carbocycles. The van der Waals surface area contributed by atoms with Gasteiger partial charge < -0.3 is 15.5 Å². The van der Waals surface area contributed by atoms with E-state index in [9.17, 15) is 9.59 Å². The molecule has 0 spiro atoms. The summed E-state index contributed by atoms with van der Waals surface area (Å²) in [7, 11) is 0. The van der Waals surface area contributed by atoms with Gasteiger partial charge in [0.25, 0.3) is 0 Å². The van der Waals surface area contributed by atoms with Crippen molar-refractivity contribution < 1.29 is 9.59 Å². The number of carbonyl (C=O) groups excluding carboxylic acids is 2. The Labute approximate surface area is 151 Å². The Morgan fingerprint density at radius 2 is 2.00 bits per heavy atom. The molecule has 7 heteroatoms. The van der Waals surface area contributed by atoms with Crippen LogP contribution in [0.15, 0.2) is 35.3 Å². The van der Waals surface area contributed by atoms with E-state index in [1.807, 2.05) is 30.0 Å². The van der Waals surface area contributed by atoms with Crippen LogP contribution in [0.25, 0.3) is 0 Å². The molecule has 0 bridgehead atoms. The van der Waals surface area contributed by atoms with E-state index in [2.05, 4.69) is 33.1 Å². The van der Waals surface area contributed by atoms with Gasteiger partial charge in [-0.3, -0.25) is 9.69 Å². The third-order valence-electron chi connectivity index (χ3n) is 3.84. The van der Waals surface area contributed by atoms with Crippen molar-refractivity contribution in [1.82, 2.24) is 15.1 Å². The van der Waals surface area contributed by atoms with Crippen molar-refractivity contribution in [3.8, 4) is 0 Å². The number of urea groups is 1. The maximum Gasteiger partial charge on any atom is 0.321 e. The maximum atomic E-state index is 12.4. The normalized spacial score (nSPS) is 15.0. The fourth-order valence-corrected chi connectivity index (χ4v) is 3.06. The lowest BCUT2D eigenvalue weighted by Crippen LogP contribution is -2.52. The van der Waals surface area contributed by atoms with Crippen LogP contribution in [0.2, 0.25) is 0 Å². The summed E-state index contributed by atoms with van der Waals surface area (Å²) in [4.78, 5) is 27.9. The van der Waals surface area contributed by atoms with E-state index in [1.54, 1.807) is 11.0 Å². The quantitative estimate of drug-likeness (QED) is 0.752. The first kappa shape index (κ1) is 18.5. The highest BCUT2D eigenvalue weighted by Gasteiger charge is 2.22. The highest BCUT2D eigenvalue weighted by molar-refractivity contribution is 9.10. The predicted octanol–water partition coefficient (Wildman–Crippen LogP) is 2.21. The summed E-state index contributed by atoms with van der Waals surface area (Å²) < 4.78 is 0.869. The zero-order valence-electron chi connectivity index (χ0n) is 13.8. The first-order valence-electron chi connectivity index (χ1n) is 7.91. The molecular weight excluding hydrogens is 372 g/mol. The summed E-state index contributed by atoms with van der Waals surface area (Å²) in [6, 6.07) is 5.70. The minimum absolute atomic E-state index is 0.0172. The standard InChI is InChI=1S/C17H23BrN4O2/c1-3-6-19-16(23)12-21-7-9-22(10-8-21)17(24)20-15-5-4-13(2)11-14(15)18/h3-5,11H,1,6-10,12H2,2H3,(H,19,23)(H,20,24). The van der Waals surface area contributed by atoms with Crippen LogP contribution in [-0.2, 0) is 4.79 Å². The van der Waals surface area contributed by atoms with Gasteiger partial charge in [0.15, 0.2) is 0 Å². The number of nitrogens with one attached hydrogen (secondary N) is 2. The lowest BCUT2D eigenvalue weighted by atomic mass is 10.2. The highest BCUT2D eigenvalue weighted by atomic mass is 79.9. The van der Waals surface area contributed by atoms with Crippen LogP contribution >= 0.6 is 15.9 Å². The molecule has 6 nitrogen and oxygen atoms in total. The molecule has 2 N–H and O–H groups in total. The van der Waals surface area contributed by atoms with Crippen LogP contribution in [0.1, 0.15) is 5.56 Å². The van der Waals surface area contributed by atoms with Crippen molar-refractivity contribution in [2.75, 3.05) is 44.6 Å². The highest BCUT2D eigenvalue weighted by Crippen LogP contribution is 2.23. The molecule has 1 fully saturated rings. The molecule has 1 aromatic rings. The molecule has 0 aromatic heterocycles. The van der Waals surface area contributed by atoms with Crippen molar-refractivity contribution in [3.05, 3.63) is 40.9 Å². The zero-order valence-corrected chi connectivity index (χ0v) is 15.4. The Morgan fingerprint density at radius 3 is 2.62 bits per heavy atom. The number of anilines is 1. The number of aryl methyl sites for hydroxylation is 1. The van der Waals surface area contributed by atoms with Crippen molar-refractivity contribution in [2.24, 2.45) is 0 Å². The maximum absolute atomic E-state index is 12.4. The van der Waals surface area contributed by atoms with E-state index >= 15 is 0 Å². The second-order valence-corrected chi connectivity index (χ2v) is 6.62. The summed E-state index contributed by atoms with van der Waals surface area (Å²) in [6.07, 6.45) is 1.66. The summed E-state index contributed by atoms with van der Waals surface area (Å²) in [5.41, 5.74) is 1.89. The third-order valence-corrected chi connectivity index (χ3v) is 4.49. The topological polar surface area (TPSA) is 64.7 Å². The Hall–Kier alpha value is -1.86. The molecule has 0 unspecified atom stereocenters. The Balaban J connectivity index is 1.80. The summed E-state index contributed by atoms with van der Waals surface area (Å²) in [6.45, 7) is 8.98. The summed E-state index contributed by atoms with van der Waals surface area (Å²) in [5, 5.41) is 5.68. The number of piperazine rings is 1. The van der Waals surface area contributed by atoms with Crippen molar-refractivity contribution >= 4 is 33.6 Å². The van der Waals surface area contributed by atoms with Crippen molar-refractivity contribution in [2.45, 2.75) is 6.92 Å². The molecule has 1 saturated heterocycles. The molecule has 1 aliphatic rings. The third kappa shape index (κ3) is 5.35. The van der Waals surface area contributed by atoms with Gasteiger partial charge in [-0.15, -0.1) is 6.58 Å². The Morgan fingerprint density at radius 1 is 1.29 bits per heavy atom. The van der Waals surface area contributed by atoms with Gasteiger partial charge >= 0.3 is 6.03 Å². The Bertz CT molecular complexity index is 613. The second-order valence-electron chi connectivity index (χ2n) is 5.77. The molecule has 1 heterocycles. The number of hydrogen-bond acceptors (Lipinski definition) is 3. The molecule has 24 heavy (non-hydrogen) atoms. The number of amides is 3. The smallest absolute Gasteiger partial charge is 0.321 e. The van der Waals surface area contributed by atoms with Crippen LogP contribution in [-0.4, -0.2) is 61.0 Å². The van der Waals surface area contributed by atoms with Crippen LogP contribution in [0.3, 0.4) is 0 Å². The van der Waals surface area contributed by atoms with Gasteiger partial charge in [0.05, 0.1) is 12.2 Å². The number of halogens is 1. The molecule has 1 aliphatic heterocycles. The summed E-state index contributed by atoms with van der Waals surface area (Å²) >= 11 is 3.46. The van der Waals surface area contributed by atoms with Gasteiger partial charge in [-0.2, -0.15) is 0 Å². The average Bonchev–Trinajstić information content (AvgIpc) is 2.56. The monoisotopic (exact) mass is 394 g/mol. The molecule has 0 atom stereocenters. The molecule has 1 aromatic carbocycles. The number of rotatable bonds is 5. The number of nitrogens with zero attached hydrogens (tertiary/aromatic N) is 2. The summed E-state index contributed by atoms with van der Waals surface area (Å²) in [5.74, 6) is -0.0172. The molecule has 130 valence electrons. The second kappa shape index (κ2) is 8.84. The molecule has 0 aliphatic carbocycles. The molecular formula is C17H23BrN4O2. The van der Waals surface area contributed by atoms with E-state index in [-0.39, 0.29) is 11.9 Å². The number of hydrogen-bond donors (Lipinski definition) is 2. The minimum atomic E-state index is -0.115. The first-order valence-corrected chi connectivity index (χ1v) is 8.71. The van der Waals surface area contributed by atoms with Crippen molar-refractivity contribution in [3.63, 3.8) is 0 Å². The van der Waals surface area contributed by atoms with E-state index < -0.39 is 0 Å². The van der Waals surface area contributed by atoms with Gasteiger partial charge in [0.1, 0.15) is 0 Å². The minimum Gasteiger partial charge on any atom is -0.352 e. The predicted molar refractivity (Wildman–Crippen MR) is 99.1 cm³/mol. The van der Waals surface area contributed by atoms with Gasteiger partial charge in [0, 0.05) is 37.2 Å². The van der Waals surface area contributed by atoms with E-state index in [0.717, 1.165) is 15.7 Å². The van der Waals surface area contributed by atoms with Gasteiger partial charge in [-0.25, -0.2) is 4.79 Å². The lowest BCUT2D eigenvalue weighted by molar-refractivity contribution is -0.122. The average molecular weight is 395 g/mol. The van der Waals surface area contributed by atoms with Gasteiger partial charge in [0.2, 0.25) is 5.91 Å². The Kier molecular flexibility index (Phi) is 6.81. The van der Waals surface area contributed by atoms with Crippen molar-refractivity contribution in [1.29, 1.82) is 0 Å². The van der Waals surface area contributed by atoms with Crippen LogP contribution in [0.4, 0.5) is 10.5 Å². The van der Waals surface area contributed by atoms with Crippen LogP contribution in [0.5, 0.6) is 0 Å². The van der Waals surface area contributed by atoms with E-state index in [0.29, 0.717) is 39.3 Å². The van der Waals surface area contributed by atoms with E-state index in [4.69, 9.17) is 0 Å². The van der Waals surface area contributed by atoms with Crippen LogP contribution < -0.4 is 10.6 Å². The molecule has 2 rings (SSSR count). The molecule has 3 amide bonds. The SMILES string of the molecule is C=CCNC(=O)CN1CCN(C(=O)Nc2ccc(C)cc2Br)CC1. The van der Waals surface area contributed by atoms with E-state index in [1.165, 1.54) is 0 Å². The number of carbonyl (C=O) groups is 2. The largest absolute Gasteiger partial charge is 0.352 e. The zero-order chi connectivity index (χ0) is 17.5. The van der Waals surface area contributed by atoms with Gasteiger partial charge in [-0.05, 0) is 40.5 Å². The molecule has 0 radical (unpaired) electrons. The fourth-order valence-electron chi connectivity index (χ4n) is 2.47.